The first kappa shape index (κ1) is 22.3. The van der Waals surface area contributed by atoms with E-state index < -0.39 is 5.60 Å². The summed E-state index contributed by atoms with van der Waals surface area (Å²) in [7, 11) is 0. The Morgan fingerprint density at radius 3 is 2.09 bits per heavy atom. The number of carbonyl (C=O) groups excluding carboxylic acids is 1. The SMILES string of the molecule is O=C(OCC1c2ccccc2-c2ccccc21)N1C2CCC1CC(O)(CCc1ccc(F)cc1)C2. The highest BCUT2D eigenvalue weighted by molar-refractivity contribution is 5.79. The molecule has 2 aliphatic heterocycles. The van der Waals surface area contributed by atoms with Crippen molar-refractivity contribution in [1.29, 1.82) is 0 Å². The maximum atomic E-state index is 13.2. The number of ether oxygens (including phenoxy) is 1. The summed E-state index contributed by atoms with van der Waals surface area (Å²) in [4.78, 5) is 15.1. The quantitative estimate of drug-likeness (QED) is 0.492. The topological polar surface area (TPSA) is 49.8 Å². The van der Waals surface area contributed by atoms with Crippen molar-refractivity contribution in [3.8, 4) is 11.1 Å². The summed E-state index contributed by atoms with van der Waals surface area (Å²) < 4.78 is 19.1. The van der Waals surface area contributed by atoms with Crippen LogP contribution in [0.5, 0.6) is 0 Å². The number of aliphatic hydroxyl groups is 1. The van der Waals surface area contributed by atoms with Gasteiger partial charge in [0.15, 0.2) is 0 Å². The van der Waals surface area contributed by atoms with Gasteiger partial charge in [0.25, 0.3) is 0 Å². The number of carbonyl (C=O) groups is 1. The molecule has 1 N–H and O–H groups in total. The van der Waals surface area contributed by atoms with E-state index in [9.17, 15) is 14.3 Å². The third-order valence-corrected chi connectivity index (χ3v) is 8.19. The van der Waals surface area contributed by atoms with E-state index in [0.717, 1.165) is 18.4 Å². The summed E-state index contributed by atoms with van der Waals surface area (Å²) in [5.41, 5.74) is 5.06. The molecule has 3 aromatic rings. The van der Waals surface area contributed by atoms with Crippen molar-refractivity contribution in [1.82, 2.24) is 4.90 Å². The molecule has 180 valence electrons. The van der Waals surface area contributed by atoms with E-state index in [2.05, 4.69) is 24.3 Å². The largest absolute Gasteiger partial charge is 0.448 e. The van der Waals surface area contributed by atoms with Gasteiger partial charge in [0.2, 0.25) is 0 Å². The van der Waals surface area contributed by atoms with Crippen LogP contribution in [0.3, 0.4) is 0 Å². The Balaban J connectivity index is 1.11. The molecule has 6 rings (SSSR count). The number of hydrogen-bond donors (Lipinski definition) is 1. The van der Waals surface area contributed by atoms with E-state index in [0.29, 0.717) is 32.3 Å². The second kappa shape index (κ2) is 8.80. The van der Waals surface area contributed by atoms with Gasteiger partial charge >= 0.3 is 6.09 Å². The lowest BCUT2D eigenvalue weighted by atomic mass is 9.82. The van der Waals surface area contributed by atoms with Gasteiger partial charge in [-0.25, -0.2) is 9.18 Å². The molecule has 3 aliphatic rings. The smallest absolute Gasteiger partial charge is 0.410 e. The van der Waals surface area contributed by atoms with Crippen molar-refractivity contribution in [2.45, 2.75) is 62.1 Å². The summed E-state index contributed by atoms with van der Waals surface area (Å²) >= 11 is 0. The van der Waals surface area contributed by atoms with Gasteiger partial charge in [-0.15, -0.1) is 0 Å². The first-order chi connectivity index (χ1) is 17.0. The lowest BCUT2D eigenvalue weighted by Gasteiger charge is -2.43. The average Bonchev–Trinajstić information content (AvgIpc) is 3.34. The summed E-state index contributed by atoms with van der Waals surface area (Å²) in [5, 5.41) is 11.3. The molecule has 0 spiro atoms. The normalized spacial score (nSPS) is 24.8. The maximum absolute atomic E-state index is 13.2. The van der Waals surface area contributed by atoms with Gasteiger partial charge in [-0.2, -0.15) is 0 Å². The zero-order chi connectivity index (χ0) is 24.0. The lowest BCUT2D eigenvalue weighted by Crippen LogP contribution is -2.53. The Kier molecular flexibility index (Phi) is 5.60. The molecule has 1 aliphatic carbocycles. The molecule has 2 saturated heterocycles. The van der Waals surface area contributed by atoms with Crippen molar-refractivity contribution in [2.75, 3.05) is 6.61 Å². The van der Waals surface area contributed by atoms with E-state index in [1.165, 1.54) is 34.4 Å². The number of nitrogens with zero attached hydrogens (tertiary/aromatic N) is 1. The first-order valence-electron chi connectivity index (χ1n) is 12.6. The van der Waals surface area contributed by atoms with Gasteiger partial charge < -0.3 is 14.7 Å². The summed E-state index contributed by atoms with van der Waals surface area (Å²) in [6, 6.07) is 23.2. The Labute approximate surface area is 205 Å². The molecule has 1 amide bonds. The Morgan fingerprint density at radius 2 is 1.49 bits per heavy atom. The molecule has 0 aromatic heterocycles. The molecule has 4 nitrogen and oxygen atoms in total. The van der Waals surface area contributed by atoms with Gasteiger partial charge in [0, 0.05) is 18.0 Å². The van der Waals surface area contributed by atoms with E-state index in [1.54, 1.807) is 12.1 Å². The Bertz CT molecular complexity index is 1180. The number of fused-ring (bicyclic) bond motifs is 5. The highest BCUT2D eigenvalue weighted by atomic mass is 19.1. The molecule has 2 unspecified atom stereocenters. The lowest BCUT2D eigenvalue weighted by molar-refractivity contribution is -0.0533. The number of rotatable bonds is 5. The van der Waals surface area contributed by atoms with Crippen LogP contribution in [-0.4, -0.2) is 40.4 Å². The highest BCUT2D eigenvalue weighted by Gasteiger charge is 2.49. The number of hydrogen-bond acceptors (Lipinski definition) is 3. The van der Waals surface area contributed by atoms with E-state index in [4.69, 9.17) is 4.74 Å². The predicted octanol–water partition coefficient (Wildman–Crippen LogP) is 6.07. The van der Waals surface area contributed by atoms with Crippen LogP contribution < -0.4 is 0 Å². The number of benzene rings is 3. The van der Waals surface area contributed by atoms with Crippen LogP contribution in [-0.2, 0) is 11.2 Å². The van der Waals surface area contributed by atoms with Gasteiger partial charge in [0.05, 0.1) is 5.60 Å². The van der Waals surface area contributed by atoms with Gasteiger partial charge in [0.1, 0.15) is 12.4 Å². The van der Waals surface area contributed by atoms with E-state index in [-0.39, 0.29) is 29.9 Å². The highest BCUT2D eigenvalue weighted by Crippen LogP contribution is 2.46. The minimum atomic E-state index is -0.805. The summed E-state index contributed by atoms with van der Waals surface area (Å²) in [6.07, 6.45) is 3.97. The van der Waals surface area contributed by atoms with Crippen LogP contribution in [0.15, 0.2) is 72.8 Å². The third-order valence-electron chi connectivity index (χ3n) is 8.19. The molecule has 2 heterocycles. The van der Waals surface area contributed by atoms with Crippen LogP contribution >= 0.6 is 0 Å². The fraction of sp³-hybridized carbons (Fsp3) is 0.367. The third kappa shape index (κ3) is 4.12. The van der Waals surface area contributed by atoms with Crippen molar-refractivity contribution >= 4 is 6.09 Å². The minimum absolute atomic E-state index is 0.00242. The molecule has 3 aromatic carbocycles. The van der Waals surface area contributed by atoms with Crippen LogP contribution in [0.2, 0.25) is 0 Å². The molecular weight excluding hydrogens is 441 g/mol. The van der Waals surface area contributed by atoms with Gasteiger partial charge in [-0.05, 0) is 78.5 Å². The Morgan fingerprint density at radius 1 is 0.914 bits per heavy atom. The fourth-order valence-electron chi connectivity index (χ4n) is 6.52. The molecule has 2 atom stereocenters. The molecule has 35 heavy (non-hydrogen) atoms. The van der Waals surface area contributed by atoms with Crippen molar-refractivity contribution in [2.24, 2.45) is 0 Å². The van der Waals surface area contributed by atoms with Crippen LogP contribution in [0.1, 0.15) is 54.7 Å². The van der Waals surface area contributed by atoms with Crippen molar-refractivity contribution < 1.29 is 19.0 Å². The number of piperidine rings is 1. The number of aryl methyl sites for hydroxylation is 1. The number of amides is 1. The standard InChI is InChI=1S/C30H30FNO3/c31-21-11-9-20(10-12-21)15-16-30(34)17-22-13-14-23(18-30)32(22)29(33)35-19-28-26-7-3-1-5-24(26)25-6-2-4-8-27(25)28/h1-12,22-23,28,34H,13-19H2. The van der Waals surface area contributed by atoms with E-state index in [1.807, 2.05) is 29.2 Å². The van der Waals surface area contributed by atoms with Crippen LogP contribution in [0.25, 0.3) is 11.1 Å². The van der Waals surface area contributed by atoms with Crippen LogP contribution in [0.4, 0.5) is 9.18 Å². The molecule has 2 fully saturated rings. The molecule has 5 heteroatoms. The summed E-state index contributed by atoms with van der Waals surface area (Å²) in [5.74, 6) is -0.205. The van der Waals surface area contributed by atoms with E-state index >= 15 is 0 Å². The minimum Gasteiger partial charge on any atom is -0.448 e. The van der Waals surface area contributed by atoms with Gasteiger partial charge in [-0.1, -0.05) is 60.7 Å². The molecular formula is C30H30FNO3. The van der Waals surface area contributed by atoms with Crippen molar-refractivity contribution in [3.63, 3.8) is 0 Å². The van der Waals surface area contributed by atoms with Gasteiger partial charge in [-0.3, -0.25) is 0 Å². The second-order valence-corrected chi connectivity index (χ2v) is 10.4. The maximum Gasteiger partial charge on any atom is 0.410 e. The zero-order valence-electron chi connectivity index (χ0n) is 19.7. The molecule has 0 saturated carbocycles. The average molecular weight is 472 g/mol. The number of halogens is 1. The van der Waals surface area contributed by atoms with Crippen LogP contribution in [0, 0.1) is 5.82 Å². The monoisotopic (exact) mass is 471 g/mol. The van der Waals surface area contributed by atoms with Crippen molar-refractivity contribution in [3.05, 3.63) is 95.3 Å². The Hall–Kier alpha value is -3.18. The zero-order valence-corrected chi connectivity index (χ0v) is 19.7. The summed E-state index contributed by atoms with van der Waals surface area (Å²) in [6.45, 7) is 0.317. The molecule has 0 radical (unpaired) electrons. The first-order valence-corrected chi connectivity index (χ1v) is 12.6. The molecule has 2 bridgehead atoms. The predicted molar refractivity (Wildman–Crippen MR) is 133 cm³/mol. The second-order valence-electron chi connectivity index (χ2n) is 10.4. The fourth-order valence-corrected chi connectivity index (χ4v) is 6.52.